The van der Waals surface area contributed by atoms with E-state index in [2.05, 4.69) is 5.32 Å². The fraction of sp³-hybridized carbons (Fsp3) is 0.333. The van der Waals surface area contributed by atoms with Crippen molar-refractivity contribution in [1.29, 1.82) is 0 Å². The van der Waals surface area contributed by atoms with Crippen LogP contribution in [0.4, 0.5) is 5.69 Å². The fourth-order valence-corrected chi connectivity index (χ4v) is 1.26. The Hall–Kier alpha value is -2.10. The van der Waals surface area contributed by atoms with Gasteiger partial charge >= 0.3 is 5.97 Å². The highest BCUT2D eigenvalue weighted by molar-refractivity contribution is 6.02. The van der Waals surface area contributed by atoms with Crippen molar-refractivity contribution in [2.24, 2.45) is 5.92 Å². The first-order valence-corrected chi connectivity index (χ1v) is 6.20. The molecule has 1 aromatic carbocycles. The lowest BCUT2D eigenvalue weighted by Crippen LogP contribution is -2.11. The maximum Gasteiger partial charge on any atom is 0.330 e. The van der Waals surface area contributed by atoms with Gasteiger partial charge in [-0.15, -0.1) is 0 Å². The molecule has 0 saturated heterocycles. The summed E-state index contributed by atoms with van der Waals surface area (Å²) in [5.74, 6) is -0.586. The van der Waals surface area contributed by atoms with Gasteiger partial charge < -0.3 is 10.1 Å². The van der Waals surface area contributed by atoms with Crippen LogP contribution in [-0.2, 0) is 14.3 Å². The Bertz CT molecular complexity index is 461. The molecule has 0 bridgehead atoms. The molecule has 0 aliphatic heterocycles. The number of carbonyl (C=O) groups excluding carboxylic acids is 2. The van der Waals surface area contributed by atoms with Crippen LogP contribution in [0.3, 0.4) is 0 Å². The van der Waals surface area contributed by atoms with Crippen LogP contribution in [0.1, 0.15) is 19.4 Å². The van der Waals surface area contributed by atoms with Gasteiger partial charge in [-0.2, -0.15) is 0 Å². The normalized spacial score (nSPS) is 10.7. The number of benzene rings is 1. The van der Waals surface area contributed by atoms with Gasteiger partial charge in [-0.05, 0) is 25.0 Å². The summed E-state index contributed by atoms with van der Waals surface area (Å²) in [6.07, 6.45) is 2.30. The summed E-state index contributed by atoms with van der Waals surface area (Å²) in [5.41, 5.74) is 1.81. The van der Waals surface area contributed by atoms with E-state index in [0.29, 0.717) is 12.3 Å². The molecule has 4 nitrogen and oxygen atoms in total. The number of hydrogen-bond donors (Lipinski definition) is 1. The standard InChI is InChI=1S/C15H19NO3/c1-11(2)10-19-15(18)9-8-14(17)16-13-6-4-12(3)5-7-13/h4-9,11H,10H2,1-3H3,(H,16,17)/b9-8-. The first-order valence-electron chi connectivity index (χ1n) is 6.20. The number of rotatable bonds is 5. The molecule has 0 aromatic heterocycles. The lowest BCUT2D eigenvalue weighted by atomic mass is 10.2. The van der Waals surface area contributed by atoms with Crippen molar-refractivity contribution in [1.82, 2.24) is 0 Å². The summed E-state index contributed by atoms with van der Waals surface area (Å²) < 4.78 is 4.91. The molecule has 0 atom stereocenters. The van der Waals surface area contributed by atoms with Gasteiger partial charge in [0.1, 0.15) is 0 Å². The average molecular weight is 261 g/mol. The van der Waals surface area contributed by atoms with Gasteiger partial charge in [0.25, 0.3) is 0 Å². The Morgan fingerprint density at radius 2 is 1.84 bits per heavy atom. The molecule has 0 aliphatic carbocycles. The molecule has 1 N–H and O–H groups in total. The van der Waals surface area contributed by atoms with Crippen LogP contribution in [-0.4, -0.2) is 18.5 Å². The van der Waals surface area contributed by atoms with Gasteiger partial charge in [-0.1, -0.05) is 31.5 Å². The quantitative estimate of drug-likeness (QED) is 0.655. The molecule has 0 aliphatic rings. The lowest BCUT2D eigenvalue weighted by molar-refractivity contribution is -0.138. The van der Waals surface area contributed by atoms with Crippen molar-refractivity contribution < 1.29 is 14.3 Å². The van der Waals surface area contributed by atoms with E-state index in [-0.39, 0.29) is 11.8 Å². The van der Waals surface area contributed by atoms with E-state index in [1.807, 2.05) is 32.9 Å². The number of esters is 1. The minimum absolute atomic E-state index is 0.277. The largest absolute Gasteiger partial charge is 0.462 e. The summed E-state index contributed by atoms with van der Waals surface area (Å²) in [7, 11) is 0. The molecule has 19 heavy (non-hydrogen) atoms. The fourth-order valence-electron chi connectivity index (χ4n) is 1.26. The third-order valence-electron chi connectivity index (χ3n) is 2.25. The molecule has 102 valence electrons. The minimum atomic E-state index is -0.507. The summed E-state index contributed by atoms with van der Waals surface area (Å²) >= 11 is 0. The van der Waals surface area contributed by atoms with Crippen LogP contribution >= 0.6 is 0 Å². The Balaban J connectivity index is 2.42. The smallest absolute Gasteiger partial charge is 0.330 e. The molecule has 1 aromatic rings. The first kappa shape index (κ1) is 15.0. The van der Waals surface area contributed by atoms with Crippen LogP contribution in [0.5, 0.6) is 0 Å². The number of hydrogen-bond acceptors (Lipinski definition) is 3. The molecule has 0 saturated carbocycles. The Labute approximate surface area is 113 Å². The van der Waals surface area contributed by atoms with Crippen LogP contribution in [0, 0.1) is 12.8 Å². The van der Waals surface area contributed by atoms with E-state index >= 15 is 0 Å². The van der Waals surface area contributed by atoms with Crippen LogP contribution in [0.25, 0.3) is 0 Å². The zero-order valence-corrected chi connectivity index (χ0v) is 11.5. The number of anilines is 1. The van der Waals surface area contributed by atoms with E-state index in [9.17, 15) is 9.59 Å². The van der Waals surface area contributed by atoms with E-state index in [0.717, 1.165) is 11.6 Å². The van der Waals surface area contributed by atoms with Crippen molar-refractivity contribution >= 4 is 17.6 Å². The van der Waals surface area contributed by atoms with Crippen molar-refractivity contribution in [2.45, 2.75) is 20.8 Å². The molecule has 1 amide bonds. The predicted molar refractivity (Wildman–Crippen MR) is 74.7 cm³/mol. The maximum atomic E-state index is 11.5. The minimum Gasteiger partial charge on any atom is -0.462 e. The van der Waals surface area contributed by atoms with Crippen molar-refractivity contribution in [3.05, 3.63) is 42.0 Å². The Morgan fingerprint density at radius 3 is 2.42 bits per heavy atom. The van der Waals surface area contributed by atoms with Crippen LogP contribution < -0.4 is 5.32 Å². The first-order chi connectivity index (χ1) is 8.97. The zero-order chi connectivity index (χ0) is 14.3. The van der Waals surface area contributed by atoms with Gasteiger partial charge in [-0.3, -0.25) is 4.79 Å². The second-order valence-corrected chi connectivity index (χ2v) is 4.71. The summed E-state index contributed by atoms with van der Waals surface area (Å²) in [4.78, 5) is 22.8. The molecular weight excluding hydrogens is 242 g/mol. The third kappa shape index (κ3) is 6.41. The highest BCUT2D eigenvalue weighted by atomic mass is 16.5. The molecular formula is C15H19NO3. The van der Waals surface area contributed by atoms with Gasteiger partial charge in [0, 0.05) is 17.8 Å². The summed E-state index contributed by atoms with van der Waals surface area (Å²) in [6.45, 7) is 6.21. The van der Waals surface area contributed by atoms with Gasteiger partial charge in [0.15, 0.2) is 0 Å². The van der Waals surface area contributed by atoms with Crippen molar-refractivity contribution in [2.75, 3.05) is 11.9 Å². The van der Waals surface area contributed by atoms with E-state index in [4.69, 9.17) is 4.74 Å². The number of nitrogens with one attached hydrogen (secondary N) is 1. The lowest BCUT2D eigenvalue weighted by Gasteiger charge is -2.04. The number of aryl methyl sites for hydroxylation is 1. The van der Waals surface area contributed by atoms with E-state index in [1.165, 1.54) is 6.08 Å². The Morgan fingerprint density at radius 1 is 1.21 bits per heavy atom. The molecule has 0 unspecified atom stereocenters. The van der Waals surface area contributed by atoms with Gasteiger partial charge in [-0.25, -0.2) is 4.79 Å². The predicted octanol–water partition coefficient (Wildman–Crippen LogP) is 2.69. The third-order valence-corrected chi connectivity index (χ3v) is 2.25. The van der Waals surface area contributed by atoms with Gasteiger partial charge in [0.05, 0.1) is 6.61 Å². The van der Waals surface area contributed by atoms with Crippen molar-refractivity contribution in [3.63, 3.8) is 0 Å². The molecule has 0 heterocycles. The molecule has 0 radical (unpaired) electrons. The second kappa shape index (κ2) is 7.36. The van der Waals surface area contributed by atoms with Gasteiger partial charge in [0.2, 0.25) is 5.91 Å². The SMILES string of the molecule is Cc1ccc(NC(=O)/C=C\C(=O)OCC(C)C)cc1. The molecule has 0 fully saturated rings. The van der Waals surface area contributed by atoms with Crippen LogP contribution in [0.15, 0.2) is 36.4 Å². The van der Waals surface area contributed by atoms with Crippen LogP contribution in [0.2, 0.25) is 0 Å². The molecule has 4 heteroatoms. The van der Waals surface area contributed by atoms with E-state index < -0.39 is 5.97 Å². The monoisotopic (exact) mass is 261 g/mol. The number of ether oxygens (including phenoxy) is 1. The van der Waals surface area contributed by atoms with E-state index in [1.54, 1.807) is 12.1 Å². The highest BCUT2D eigenvalue weighted by Crippen LogP contribution is 2.08. The zero-order valence-electron chi connectivity index (χ0n) is 11.5. The average Bonchev–Trinajstić information content (AvgIpc) is 2.36. The summed E-state index contributed by atoms with van der Waals surface area (Å²) in [6, 6.07) is 7.41. The second-order valence-electron chi connectivity index (χ2n) is 4.71. The summed E-state index contributed by atoms with van der Waals surface area (Å²) in [5, 5.41) is 2.66. The number of amides is 1. The number of carbonyl (C=O) groups is 2. The molecule has 1 rings (SSSR count). The maximum absolute atomic E-state index is 11.5. The van der Waals surface area contributed by atoms with Crippen molar-refractivity contribution in [3.8, 4) is 0 Å². The topological polar surface area (TPSA) is 55.4 Å². The molecule has 0 spiro atoms. The highest BCUT2D eigenvalue weighted by Gasteiger charge is 2.02. The Kier molecular flexibility index (Phi) is 5.79.